The SMILES string of the molecule is CC1COCCN1c1cc(N)nc(-c2ccnc(N)c2)n1. The molecule has 1 unspecified atom stereocenters. The van der Waals surface area contributed by atoms with Gasteiger partial charge in [-0.15, -0.1) is 0 Å². The van der Waals surface area contributed by atoms with Crippen molar-refractivity contribution in [1.82, 2.24) is 15.0 Å². The highest BCUT2D eigenvalue weighted by Crippen LogP contribution is 2.24. The van der Waals surface area contributed by atoms with E-state index in [1.165, 1.54) is 0 Å². The molecule has 4 N–H and O–H groups in total. The maximum atomic E-state index is 5.93. The molecular weight excluding hydrogens is 268 g/mol. The van der Waals surface area contributed by atoms with E-state index in [2.05, 4.69) is 26.8 Å². The number of hydrogen-bond acceptors (Lipinski definition) is 7. The summed E-state index contributed by atoms with van der Waals surface area (Å²) >= 11 is 0. The van der Waals surface area contributed by atoms with Crippen LogP contribution in [0.15, 0.2) is 24.4 Å². The van der Waals surface area contributed by atoms with Crippen molar-refractivity contribution in [3.8, 4) is 11.4 Å². The summed E-state index contributed by atoms with van der Waals surface area (Å²) in [5.41, 5.74) is 12.4. The van der Waals surface area contributed by atoms with E-state index in [1.807, 2.05) is 6.07 Å². The molecule has 0 bridgehead atoms. The second-order valence-electron chi connectivity index (χ2n) is 5.06. The van der Waals surface area contributed by atoms with Crippen LogP contribution in [0.4, 0.5) is 17.5 Å². The molecule has 0 aliphatic carbocycles. The van der Waals surface area contributed by atoms with E-state index in [-0.39, 0.29) is 6.04 Å². The fourth-order valence-electron chi connectivity index (χ4n) is 2.38. The average Bonchev–Trinajstić information content (AvgIpc) is 2.47. The van der Waals surface area contributed by atoms with E-state index >= 15 is 0 Å². The molecule has 1 aliphatic heterocycles. The van der Waals surface area contributed by atoms with Crippen LogP contribution in [-0.4, -0.2) is 40.8 Å². The predicted octanol–water partition coefficient (Wildman–Crippen LogP) is 0.928. The first kappa shape index (κ1) is 13.6. The van der Waals surface area contributed by atoms with Crippen molar-refractivity contribution in [3.63, 3.8) is 0 Å². The second kappa shape index (κ2) is 5.53. The molecule has 1 atom stereocenters. The first-order chi connectivity index (χ1) is 10.1. The van der Waals surface area contributed by atoms with E-state index in [0.717, 1.165) is 17.9 Å². The number of ether oxygens (including phenoxy) is 1. The van der Waals surface area contributed by atoms with Crippen molar-refractivity contribution in [2.24, 2.45) is 0 Å². The van der Waals surface area contributed by atoms with Crippen LogP contribution in [0.25, 0.3) is 11.4 Å². The Morgan fingerprint density at radius 3 is 2.86 bits per heavy atom. The number of nitrogens with two attached hydrogens (primary N) is 2. The second-order valence-corrected chi connectivity index (χ2v) is 5.06. The third-order valence-electron chi connectivity index (χ3n) is 3.43. The summed E-state index contributed by atoms with van der Waals surface area (Å²) in [6, 6.07) is 5.60. The summed E-state index contributed by atoms with van der Waals surface area (Å²) in [6.07, 6.45) is 1.63. The Bertz CT molecular complexity index is 647. The Kier molecular flexibility index (Phi) is 3.57. The molecule has 1 fully saturated rings. The van der Waals surface area contributed by atoms with Gasteiger partial charge < -0.3 is 21.1 Å². The molecule has 1 saturated heterocycles. The minimum Gasteiger partial charge on any atom is -0.384 e. The van der Waals surface area contributed by atoms with Crippen molar-refractivity contribution < 1.29 is 4.74 Å². The van der Waals surface area contributed by atoms with Gasteiger partial charge in [-0.3, -0.25) is 0 Å². The molecule has 0 radical (unpaired) electrons. The molecule has 0 amide bonds. The van der Waals surface area contributed by atoms with Crippen molar-refractivity contribution in [1.29, 1.82) is 0 Å². The molecule has 0 aromatic carbocycles. The highest BCUT2D eigenvalue weighted by molar-refractivity contribution is 5.63. The zero-order valence-corrected chi connectivity index (χ0v) is 11.9. The zero-order chi connectivity index (χ0) is 14.8. The highest BCUT2D eigenvalue weighted by atomic mass is 16.5. The summed E-state index contributed by atoms with van der Waals surface area (Å²) < 4.78 is 5.45. The molecule has 3 rings (SSSR count). The van der Waals surface area contributed by atoms with Crippen molar-refractivity contribution in [2.45, 2.75) is 13.0 Å². The van der Waals surface area contributed by atoms with Crippen LogP contribution in [0.5, 0.6) is 0 Å². The van der Waals surface area contributed by atoms with Gasteiger partial charge in [-0.25, -0.2) is 15.0 Å². The molecule has 0 saturated carbocycles. The maximum Gasteiger partial charge on any atom is 0.164 e. The van der Waals surface area contributed by atoms with Gasteiger partial charge in [-0.1, -0.05) is 0 Å². The zero-order valence-electron chi connectivity index (χ0n) is 11.9. The molecular formula is C14H18N6O. The quantitative estimate of drug-likeness (QED) is 0.846. The minimum atomic E-state index is 0.253. The minimum absolute atomic E-state index is 0.253. The summed E-state index contributed by atoms with van der Waals surface area (Å²) in [7, 11) is 0. The lowest BCUT2D eigenvalue weighted by atomic mass is 10.2. The summed E-state index contributed by atoms with van der Waals surface area (Å²) in [6.45, 7) is 4.25. The van der Waals surface area contributed by atoms with Gasteiger partial charge >= 0.3 is 0 Å². The monoisotopic (exact) mass is 286 g/mol. The largest absolute Gasteiger partial charge is 0.384 e. The molecule has 1 aliphatic rings. The molecule has 2 aromatic heterocycles. The topological polar surface area (TPSA) is 103 Å². The van der Waals surface area contributed by atoms with E-state index in [4.69, 9.17) is 16.2 Å². The molecule has 110 valence electrons. The fraction of sp³-hybridized carbons (Fsp3) is 0.357. The maximum absolute atomic E-state index is 5.93. The van der Waals surface area contributed by atoms with E-state index < -0.39 is 0 Å². The number of rotatable bonds is 2. The Morgan fingerprint density at radius 1 is 1.24 bits per heavy atom. The Balaban J connectivity index is 2.00. The lowest BCUT2D eigenvalue weighted by Gasteiger charge is -2.34. The number of pyridine rings is 1. The lowest BCUT2D eigenvalue weighted by Crippen LogP contribution is -2.44. The third-order valence-corrected chi connectivity index (χ3v) is 3.43. The summed E-state index contributed by atoms with van der Waals surface area (Å²) in [5.74, 6) is 2.23. The molecule has 2 aromatic rings. The molecule has 0 spiro atoms. The summed E-state index contributed by atoms with van der Waals surface area (Å²) in [4.78, 5) is 15.1. The Labute approximate surface area is 123 Å². The lowest BCUT2D eigenvalue weighted by molar-refractivity contribution is 0.0985. The number of nitrogens with zero attached hydrogens (tertiary/aromatic N) is 4. The summed E-state index contributed by atoms with van der Waals surface area (Å²) in [5, 5.41) is 0. The van der Waals surface area contributed by atoms with Gasteiger partial charge in [0, 0.05) is 24.4 Å². The van der Waals surface area contributed by atoms with Crippen LogP contribution >= 0.6 is 0 Å². The number of anilines is 3. The molecule has 3 heterocycles. The first-order valence-electron chi connectivity index (χ1n) is 6.84. The predicted molar refractivity (Wildman–Crippen MR) is 81.7 cm³/mol. The van der Waals surface area contributed by atoms with Gasteiger partial charge in [0.1, 0.15) is 17.5 Å². The number of nitrogen functional groups attached to an aromatic ring is 2. The van der Waals surface area contributed by atoms with Crippen LogP contribution in [0.2, 0.25) is 0 Å². The van der Waals surface area contributed by atoms with E-state index in [0.29, 0.717) is 30.7 Å². The van der Waals surface area contributed by atoms with Gasteiger partial charge in [0.25, 0.3) is 0 Å². The van der Waals surface area contributed by atoms with E-state index in [9.17, 15) is 0 Å². The molecule has 7 nitrogen and oxygen atoms in total. The van der Waals surface area contributed by atoms with Gasteiger partial charge in [0.2, 0.25) is 0 Å². The van der Waals surface area contributed by atoms with Crippen LogP contribution in [0.1, 0.15) is 6.92 Å². The molecule has 21 heavy (non-hydrogen) atoms. The van der Waals surface area contributed by atoms with Crippen molar-refractivity contribution in [3.05, 3.63) is 24.4 Å². The highest BCUT2D eigenvalue weighted by Gasteiger charge is 2.21. The standard InChI is InChI=1S/C14H18N6O/c1-9-8-21-5-4-20(9)13-7-12(16)18-14(19-13)10-2-3-17-11(15)6-10/h2-3,6-7,9H,4-5,8H2,1H3,(H2,15,17)(H2,16,18,19). The smallest absolute Gasteiger partial charge is 0.164 e. The number of morpholine rings is 1. The van der Waals surface area contributed by atoms with Crippen LogP contribution < -0.4 is 16.4 Å². The Morgan fingerprint density at radius 2 is 2.10 bits per heavy atom. The van der Waals surface area contributed by atoms with Gasteiger partial charge in [-0.05, 0) is 19.1 Å². The normalized spacial score (nSPS) is 18.7. The average molecular weight is 286 g/mol. The van der Waals surface area contributed by atoms with Crippen molar-refractivity contribution in [2.75, 3.05) is 36.1 Å². The Hall–Kier alpha value is -2.41. The van der Waals surface area contributed by atoms with Crippen LogP contribution in [-0.2, 0) is 4.74 Å². The van der Waals surface area contributed by atoms with Gasteiger partial charge in [0.05, 0.1) is 19.3 Å². The van der Waals surface area contributed by atoms with Gasteiger partial charge in [0.15, 0.2) is 5.82 Å². The fourth-order valence-corrected chi connectivity index (χ4v) is 2.38. The van der Waals surface area contributed by atoms with Gasteiger partial charge in [-0.2, -0.15) is 0 Å². The van der Waals surface area contributed by atoms with Crippen LogP contribution in [0.3, 0.4) is 0 Å². The number of hydrogen-bond donors (Lipinski definition) is 2. The molecule has 7 heteroatoms. The first-order valence-corrected chi connectivity index (χ1v) is 6.84. The number of aromatic nitrogens is 3. The van der Waals surface area contributed by atoms with E-state index in [1.54, 1.807) is 18.3 Å². The van der Waals surface area contributed by atoms with Crippen molar-refractivity contribution >= 4 is 17.5 Å². The van der Waals surface area contributed by atoms with Crippen LogP contribution in [0, 0.1) is 0 Å². The third kappa shape index (κ3) is 2.87.